The van der Waals surface area contributed by atoms with Crippen LogP contribution in [0.1, 0.15) is 18.0 Å². The van der Waals surface area contributed by atoms with Gasteiger partial charge in [-0.2, -0.15) is 18.2 Å². The standard InChI is InChI=1S/C9H8F3N3O3/c10-9(11,12)7(17)18-8-14-2-5(15-8)3-1-4(3)6(13)16/h2-4H,1H2,(H2,13,16)(H,14,15). The third kappa shape index (κ3) is 2.44. The van der Waals surface area contributed by atoms with Crippen molar-refractivity contribution < 1.29 is 27.5 Å². The van der Waals surface area contributed by atoms with Crippen molar-refractivity contribution in [2.24, 2.45) is 11.7 Å². The lowest BCUT2D eigenvalue weighted by molar-refractivity contribution is -0.190. The minimum Gasteiger partial charge on any atom is -0.385 e. The number of hydrogen-bond donors (Lipinski definition) is 2. The summed E-state index contributed by atoms with van der Waals surface area (Å²) in [6.07, 6.45) is -3.30. The Hall–Kier alpha value is -2.06. The fourth-order valence-electron chi connectivity index (χ4n) is 1.54. The van der Waals surface area contributed by atoms with E-state index in [1.807, 2.05) is 0 Å². The van der Waals surface area contributed by atoms with Gasteiger partial charge < -0.3 is 15.5 Å². The molecule has 1 aromatic heterocycles. The summed E-state index contributed by atoms with van der Waals surface area (Å²) in [7, 11) is 0. The van der Waals surface area contributed by atoms with E-state index in [1.165, 1.54) is 6.20 Å². The van der Waals surface area contributed by atoms with E-state index >= 15 is 0 Å². The van der Waals surface area contributed by atoms with E-state index in [-0.39, 0.29) is 11.8 Å². The average molecular weight is 263 g/mol. The summed E-state index contributed by atoms with van der Waals surface area (Å²) in [5.74, 6) is -3.43. The first kappa shape index (κ1) is 12.4. The normalized spacial score (nSPS) is 22.6. The van der Waals surface area contributed by atoms with Gasteiger partial charge in [-0.3, -0.25) is 4.79 Å². The predicted molar refractivity (Wildman–Crippen MR) is 50.3 cm³/mol. The lowest BCUT2D eigenvalue weighted by Gasteiger charge is -2.02. The van der Waals surface area contributed by atoms with Gasteiger partial charge in [0.2, 0.25) is 5.91 Å². The molecule has 0 bridgehead atoms. The lowest BCUT2D eigenvalue weighted by atomic mass is 10.2. The largest absolute Gasteiger partial charge is 0.491 e. The molecule has 1 aliphatic rings. The Morgan fingerprint density at radius 1 is 1.50 bits per heavy atom. The fraction of sp³-hybridized carbons (Fsp3) is 0.444. The number of H-pyrrole nitrogens is 1. The zero-order chi connectivity index (χ0) is 13.5. The Kier molecular flexibility index (Phi) is 2.76. The summed E-state index contributed by atoms with van der Waals surface area (Å²) in [6.45, 7) is 0. The number of carbonyl (C=O) groups excluding carboxylic acids is 2. The molecule has 1 fully saturated rings. The fourth-order valence-corrected chi connectivity index (χ4v) is 1.54. The first-order chi connectivity index (χ1) is 8.29. The molecule has 2 rings (SSSR count). The van der Waals surface area contributed by atoms with Crippen LogP contribution in [0.4, 0.5) is 13.2 Å². The van der Waals surface area contributed by atoms with Gasteiger partial charge in [-0.1, -0.05) is 0 Å². The van der Waals surface area contributed by atoms with E-state index in [4.69, 9.17) is 5.73 Å². The molecule has 2 unspecified atom stereocenters. The van der Waals surface area contributed by atoms with E-state index in [0.29, 0.717) is 12.1 Å². The van der Waals surface area contributed by atoms with E-state index in [9.17, 15) is 22.8 Å². The van der Waals surface area contributed by atoms with Crippen LogP contribution in [0, 0.1) is 5.92 Å². The first-order valence-electron chi connectivity index (χ1n) is 4.92. The molecule has 1 saturated carbocycles. The number of nitrogens with one attached hydrogen (secondary N) is 1. The van der Waals surface area contributed by atoms with Gasteiger partial charge in [0.1, 0.15) is 0 Å². The van der Waals surface area contributed by atoms with Crippen molar-refractivity contribution >= 4 is 11.9 Å². The molecule has 0 spiro atoms. The maximum Gasteiger partial charge on any atom is 0.491 e. The summed E-state index contributed by atoms with van der Waals surface area (Å²) < 4.78 is 39.7. The van der Waals surface area contributed by atoms with Crippen LogP contribution in [-0.4, -0.2) is 28.0 Å². The third-order valence-electron chi connectivity index (χ3n) is 2.53. The number of aromatic amines is 1. The van der Waals surface area contributed by atoms with E-state index in [1.54, 1.807) is 0 Å². The van der Waals surface area contributed by atoms with Crippen molar-refractivity contribution in [1.82, 2.24) is 9.97 Å². The lowest BCUT2D eigenvalue weighted by Crippen LogP contribution is -2.28. The smallest absolute Gasteiger partial charge is 0.385 e. The number of amides is 1. The number of aromatic nitrogens is 2. The van der Waals surface area contributed by atoms with Crippen LogP contribution in [0.3, 0.4) is 0 Å². The molecule has 0 aromatic carbocycles. The molecule has 0 saturated heterocycles. The molecule has 1 aliphatic carbocycles. The van der Waals surface area contributed by atoms with Gasteiger partial charge in [-0.15, -0.1) is 0 Å². The Balaban J connectivity index is 2.00. The van der Waals surface area contributed by atoms with Gasteiger partial charge in [0.05, 0.1) is 5.69 Å². The van der Waals surface area contributed by atoms with Gasteiger partial charge in [0.15, 0.2) is 0 Å². The topological polar surface area (TPSA) is 98.1 Å². The van der Waals surface area contributed by atoms with Crippen molar-refractivity contribution in [3.05, 3.63) is 11.9 Å². The molecule has 1 aromatic rings. The number of imidazole rings is 1. The molecule has 0 aliphatic heterocycles. The number of rotatable bonds is 3. The number of alkyl halides is 3. The maximum absolute atomic E-state index is 11.9. The molecule has 9 heteroatoms. The van der Waals surface area contributed by atoms with Crippen molar-refractivity contribution in [3.63, 3.8) is 0 Å². The number of nitrogens with two attached hydrogens (primary N) is 1. The SMILES string of the molecule is NC(=O)C1CC1c1c[nH]c(OC(=O)C(F)(F)F)n1. The number of primary amides is 1. The second-order valence-corrected chi connectivity index (χ2v) is 3.87. The van der Waals surface area contributed by atoms with E-state index in [2.05, 4.69) is 14.7 Å². The molecule has 18 heavy (non-hydrogen) atoms. The summed E-state index contributed by atoms with van der Waals surface area (Å²) in [6, 6.07) is -0.553. The summed E-state index contributed by atoms with van der Waals surface area (Å²) in [5, 5.41) is 0. The molecular formula is C9H8F3N3O3. The number of hydrogen-bond acceptors (Lipinski definition) is 4. The van der Waals surface area contributed by atoms with Crippen molar-refractivity contribution in [1.29, 1.82) is 0 Å². The zero-order valence-corrected chi connectivity index (χ0v) is 8.82. The van der Waals surface area contributed by atoms with Gasteiger partial charge in [-0.25, -0.2) is 4.79 Å². The molecular weight excluding hydrogens is 255 g/mol. The molecule has 6 nitrogen and oxygen atoms in total. The Morgan fingerprint density at radius 3 is 2.67 bits per heavy atom. The van der Waals surface area contributed by atoms with Gasteiger partial charge in [0, 0.05) is 18.0 Å². The third-order valence-corrected chi connectivity index (χ3v) is 2.53. The van der Waals surface area contributed by atoms with E-state index < -0.39 is 24.1 Å². The van der Waals surface area contributed by atoms with Crippen LogP contribution in [0.5, 0.6) is 6.01 Å². The Morgan fingerprint density at radius 2 is 2.17 bits per heavy atom. The number of ether oxygens (including phenoxy) is 1. The monoisotopic (exact) mass is 263 g/mol. The van der Waals surface area contributed by atoms with Crippen LogP contribution in [-0.2, 0) is 9.59 Å². The molecule has 2 atom stereocenters. The highest BCUT2D eigenvalue weighted by Crippen LogP contribution is 2.46. The minimum absolute atomic E-state index is 0.225. The molecule has 0 radical (unpaired) electrons. The highest BCUT2D eigenvalue weighted by Gasteiger charge is 2.45. The van der Waals surface area contributed by atoms with Crippen LogP contribution >= 0.6 is 0 Å². The maximum atomic E-state index is 11.9. The molecule has 3 N–H and O–H groups in total. The van der Waals surface area contributed by atoms with Crippen LogP contribution < -0.4 is 10.5 Å². The summed E-state index contributed by atoms with van der Waals surface area (Å²) >= 11 is 0. The van der Waals surface area contributed by atoms with Gasteiger partial charge in [0.25, 0.3) is 0 Å². The van der Waals surface area contributed by atoms with Gasteiger partial charge in [-0.05, 0) is 6.42 Å². The quantitative estimate of drug-likeness (QED) is 0.774. The minimum atomic E-state index is -5.08. The van der Waals surface area contributed by atoms with Gasteiger partial charge >= 0.3 is 18.2 Å². The molecule has 1 heterocycles. The highest BCUT2D eigenvalue weighted by molar-refractivity contribution is 5.81. The van der Waals surface area contributed by atoms with Crippen molar-refractivity contribution in [2.45, 2.75) is 18.5 Å². The van der Waals surface area contributed by atoms with Crippen LogP contribution in [0.15, 0.2) is 6.20 Å². The molecule has 1 amide bonds. The number of halogens is 3. The number of carbonyl (C=O) groups is 2. The summed E-state index contributed by atoms with van der Waals surface area (Å²) in [5.41, 5.74) is 5.41. The molecule has 98 valence electrons. The van der Waals surface area contributed by atoms with Crippen molar-refractivity contribution in [3.8, 4) is 6.01 Å². The Bertz CT molecular complexity index is 497. The van der Waals surface area contributed by atoms with Crippen LogP contribution in [0.25, 0.3) is 0 Å². The van der Waals surface area contributed by atoms with Crippen LogP contribution in [0.2, 0.25) is 0 Å². The summed E-state index contributed by atoms with van der Waals surface area (Å²) in [4.78, 5) is 27.3. The second-order valence-electron chi connectivity index (χ2n) is 3.87. The van der Waals surface area contributed by atoms with Crippen molar-refractivity contribution in [2.75, 3.05) is 0 Å². The number of nitrogens with zero attached hydrogens (tertiary/aromatic N) is 1. The number of esters is 1. The Labute approximate surface area is 98.3 Å². The van der Waals surface area contributed by atoms with E-state index in [0.717, 1.165) is 0 Å². The second kappa shape index (κ2) is 4.00. The average Bonchev–Trinajstić information content (AvgIpc) is 2.92. The zero-order valence-electron chi connectivity index (χ0n) is 8.82. The predicted octanol–water partition coefficient (Wildman–Crippen LogP) is 0.466. The highest BCUT2D eigenvalue weighted by atomic mass is 19.4. The first-order valence-corrected chi connectivity index (χ1v) is 4.92.